The fourth-order valence-corrected chi connectivity index (χ4v) is 1.92. The minimum atomic E-state index is -0.992. The van der Waals surface area contributed by atoms with Crippen LogP contribution in [0.4, 0.5) is 0 Å². The Kier molecular flexibility index (Phi) is 4.10. The molecule has 0 aromatic carbocycles. The van der Waals surface area contributed by atoms with Crippen molar-refractivity contribution in [3.63, 3.8) is 0 Å². The van der Waals surface area contributed by atoms with Crippen LogP contribution in [0.3, 0.4) is 0 Å². The number of carboxylic acid groups (broad SMARTS) is 1. The number of rotatable bonds is 5. The van der Waals surface area contributed by atoms with Crippen LogP contribution in [0.2, 0.25) is 0 Å². The van der Waals surface area contributed by atoms with Crippen LogP contribution in [0, 0.1) is 0 Å². The minimum absolute atomic E-state index is 0.118. The van der Waals surface area contributed by atoms with Crippen molar-refractivity contribution < 1.29 is 19.4 Å². The normalized spacial score (nSPS) is 22.4. The molecule has 0 spiro atoms. The topological polar surface area (TPSA) is 106 Å². The van der Waals surface area contributed by atoms with Crippen LogP contribution in [0.15, 0.2) is 6.20 Å². The summed E-state index contributed by atoms with van der Waals surface area (Å²) in [7, 11) is 0. The molecule has 0 saturated carbocycles. The zero-order chi connectivity index (χ0) is 13.8. The van der Waals surface area contributed by atoms with E-state index in [0.717, 1.165) is 12.8 Å². The Morgan fingerprint density at radius 2 is 2.37 bits per heavy atom. The van der Waals surface area contributed by atoms with Crippen molar-refractivity contribution in [2.45, 2.75) is 45.1 Å². The maximum atomic E-state index is 11.8. The lowest BCUT2D eigenvalue weighted by atomic mass is 10.2. The molecule has 2 heterocycles. The van der Waals surface area contributed by atoms with Gasteiger partial charge in [0.2, 0.25) is 5.91 Å². The van der Waals surface area contributed by atoms with Crippen LogP contribution >= 0.6 is 0 Å². The van der Waals surface area contributed by atoms with E-state index in [0.29, 0.717) is 5.69 Å². The van der Waals surface area contributed by atoms with Crippen molar-refractivity contribution in [1.29, 1.82) is 0 Å². The zero-order valence-corrected chi connectivity index (χ0v) is 10.6. The van der Waals surface area contributed by atoms with Gasteiger partial charge in [0, 0.05) is 0 Å². The molecule has 1 saturated heterocycles. The van der Waals surface area contributed by atoms with E-state index in [4.69, 9.17) is 9.84 Å². The van der Waals surface area contributed by atoms with Crippen molar-refractivity contribution in [1.82, 2.24) is 20.3 Å². The third kappa shape index (κ3) is 3.75. The van der Waals surface area contributed by atoms with Gasteiger partial charge in [-0.3, -0.25) is 9.59 Å². The number of ether oxygens (including phenoxy) is 1. The van der Waals surface area contributed by atoms with Gasteiger partial charge < -0.3 is 15.2 Å². The van der Waals surface area contributed by atoms with Crippen LogP contribution in [0.1, 0.15) is 25.5 Å². The van der Waals surface area contributed by atoms with Crippen LogP contribution in [-0.2, 0) is 27.4 Å². The predicted molar refractivity (Wildman–Crippen MR) is 63.1 cm³/mol. The van der Waals surface area contributed by atoms with E-state index in [1.54, 1.807) is 0 Å². The summed E-state index contributed by atoms with van der Waals surface area (Å²) in [5, 5.41) is 18.7. The first-order valence-corrected chi connectivity index (χ1v) is 6.08. The lowest BCUT2D eigenvalue weighted by Crippen LogP contribution is -2.34. The summed E-state index contributed by atoms with van der Waals surface area (Å²) >= 11 is 0. The molecule has 0 bridgehead atoms. The Morgan fingerprint density at radius 3 is 3.00 bits per heavy atom. The zero-order valence-electron chi connectivity index (χ0n) is 10.6. The fourth-order valence-electron chi connectivity index (χ4n) is 1.92. The van der Waals surface area contributed by atoms with Gasteiger partial charge in [0.05, 0.1) is 18.8 Å². The predicted octanol–water partition coefficient (Wildman–Crippen LogP) is -0.454. The lowest BCUT2D eigenvalue weighted by Gasteiger charge is -2.10. The van der Waals surface area contributed by atoms with E-state index in [9.17, 15) is 9.59 Å². The molecule has 2 rings (SSSR count). The molecule has 8 nitrogen and oxygen atoms in total. The average Bonchev–Trinajstić information content (AvgIpc) is 2.94. The Hall–Kier alpha value is -1.96. The SMILES string of the molecule is CC1CCC(C(=O)NCc2cn(CC(=O)O)nn2)O1. The summed E-state index contributed by atoms with van der Waals surface area (Å²) in [6.45, 7) is 1.90. The molecule has 0 aliphatic carbocycles. The van der Waals surface area contributed by atoms with Crippen LogP contribution in [0.5, 0.6) is 0 Å². The van der Waals surface area contributed by atoms with Crippen molar-refractivity contribution in [3.8, 4) is 0 Å². The summed E-state index contributed by atoms with van der Waals surface area (Å²) in [6, 6.07) is 0. The molecule has 2 N–H and O–H groups in total. The monoisotopic (exact) mass is 268 g/mol. The number of hydrogen-bond acceptors (Lipinski definition) is 5. The van der Waals surface area contributed by atoms with Gasteiger partial charge in [0.1, 0.15) is 18.3 Å². The average molecular weight is 268 g/mol. The summed E-state index contributed by atoms with van der Waals surface area (Å²) in [6.07, 6.45) is 2.81. The van der Waals surface area contributed by atoms with Crippen LogP contribution in [0.25, 0.3) is 0 Å². The van der Waals surface area contributed by atoms with E-state index < -0.39 is 12.1 Å². The molecule has 19 heavy (non-hydrogen) atoms. The van der Waals surface area contributed by atoms with E-state index in [1.807, 2.05) is 6.92 Å². The first kappa shape index (κ1) is 13.5. The summed E-state index contributed by atoms with van der Waals surface area (Å²) in [5.74, 6) is -1.16. The second-order valence-corrected chi connectivity index (χ2v) is 4.53. The maximum Gasteiger partial charge on any atom is 0.325 e. The van der Waals surface area contributed by atoms with E-state index >= 15 is 0 Å². The van der Waals surface area contributed by atoms with Crippen molar-refractivity contribution in [3.05, 3.63) is 11.9 Å². The highest BCUT2D eigenvalue weighted by Gasteiger charge is 2.27. The van der Waals surface area contributed by atoms with Gasteiger partial charge in [-0.25, -0.2) is 4.68 Å². The lowest BCUT2D eigenvalue weighted by molar-refractivity contribution is -0.138. The van der Waals surface area contributed by atoms with Crippen molar-refractivity contribution in [2.75, 3.05) is 0 Å². The maximum absolute atomic E-state index is 11.8. The molecule has 1 fully saturated rings. The number of nitrogens with one attached hydrogen (secondary N) is 1. The molecule has 1 aromatic heterocycles. The number of aliphatic carboxylic acids is 1. The standard InChI is InChI=1S/C11H16N4O4/c1-7-2-3-9(19-7)11(18)12-4-8-5-15(14-13-8)6-10(16)17/h5,7,9H,2-4,6H2,1H3,(H,12,18)(H,16,17). The molecular weight excluding hydrogens is 252 g/mol. The van der Waals surface area contributed by atoms with Gasteiger partial charge >= 0.3 is 5.97 Å². The van der Waals surface area contributed by atoms with E-state index in [1.165, 1.54) is 10.9 Å². The van der Waals surface area contributed by atoms with Gasteiger partial charge in [-0.2, -0.15) is 0 Å². The van der Waals surface area contributed by atoms with E-state index in [2.05, 4.69) is 15.6 Å². The van der Waals surface area contributed by atoms with Crippen LogP contribution < -0.4 is 5.32 Å². The van der Waals surface area contributed by atoms with Gasteiger partial charge in [-0.05, 0) is 19.8 Å². The summed E-state index contributed by atoms with van der Waals surface area (Å²) in [5.41, 5.74) is 0.514. The molecule has 1 aliphatic rings. The number of carbonyl (C=O) groups is 2. The molecule has 1 aromatic rings. The number of nitrogens with zero attached hydrogens (tertiary/aromatic N) is 3. The first-order valence-electron chi connectivity index (χ1n) is 6.08. The molecule has 2 unspecified atom stereocenters. The summed E-state index contributed by atoms with van der Waals surface area (Å²) < 4.78 is 6.64. The molecule has 8 heteroatoms. The number of amides is 1. The Morgan fingerprint density at radius 1 is 1.58 bits per heavy atom. The van der Waals surface area contributed by atoms with Crippen LogP contribution in [-0.4, -0.2) is 44.2 Å². The molecular formula is C11H16N4O4. The van der Waals surface area contributed by atoms with Gasteiger partial charge in [-0.1, -0.05) is 5.21 Å². The minimum Gasteiger partial charge on any atom is -0.480 e. The molecule has 1 amide bonds. The smallest absolute Gasteiger partial charge is 0.325 e. The highest BCUT2D eigenvalue weighted by Crippen LogP contribution is 2.18. The van der Waals surface area contributed by atoms with Gasteiger partial charge in [0.15, 0.2) is 0 Å². The largest absolute Gasteiger partial charge is 0.480 e. The Labute approximate surface area is 109 Å². The third-order valence-corrected chi connectivity index (χ3v) is 2.85. The summed E-state index contributed by atoms with van der Waals surface area (Å²) in [4.78, 5) is 22.2. The number of hydrogen-bond donors (Lipinski definition) is 2. The van der Waals surface area contributed by atoms with Gasteiger partial charge in [-0.15, -0.1) is 5.10 Å². The number of aromatic nitrogens is 3. The number of carboxylic acids is 1. The Balaban J connectivity index is 1.80. The molecule has 104 valence electrons. The third-order valence-electron chi connectivity index (χ3n) is 2.85. The van der Waals surface area contributed by atoms with Crippen molar-refractivity contribution >= 4 is 11.9 Å². The highest BCUT2D eigenvalue weighted by molar-refractivity contribution is 5.80. The van der Waals surface area contributed by atoms with Crippen molar-refractivity contribution in [2.24, 2.45) is 0 Å². The number of carbonyl (C=O) groups excluding carboxylic acids is 1. The molecule has 1 aliphatic heterocycles. The first-order chi connectivity index (χ1) is 9.04. The van der Waals surface area contributed by atoms with Gasteiger partial charge in [0.25, 0.3) is 0 Å². The second-order valence-electron chi connectivity index (χ2n) is 4.53. The second kappa shape index (κ2) is 5.79. The molecule has 2 atom stereocenters. The fraction of sp³-hybridized carbons (Fsp3) is 0.636. The Bertz CT molecular complexity index is 473. The molecule has 0 radical (unpaired) electrons. The quantitative estimate of drug-likeness (QED) is 0.749. The van der Waals surface area contributed by atoms with E-state index in [-0.39, 0.29) is 25.1 Å². The highest BCUT2D eigenvalue weighted by atomic mass is 16.5.